The Morgan fingerprint density at radius 3 is 2.15 bits per heavy atom. The fourth-order valence-electron chi connectivity index (χ4n) is 1.33. The Labute approximate surface area is 79.7 Å². The first-order chi connectivity index (χ1) is 5.92. The standard InChI is InChI=1S/C8H18NO3P/c1-5-8(9(2)3)6-11-13(4,10)12-7-8/h5-7H2,1-4H3. The molecule has 0 bridgehead atoms. The van der Waals surface area contributed by atoms with Crippen molar-refractivity contribution in [3.05, 3.63) is 0 Å². The van der Waals surface area contributed by atoms with Crippen molar-refractivity contribution >= 4 is 7.60 Å². The van der Waals surface area contributed by atoms with Gasteiger partial charge in [0.25, 0.3) is 0 Å². The number of likely N-dealkylation sites (N-methyl/N-ethyl adjacent to an activating group) is 1. The summed E-state index contributed by atoms with van der Waals surface area (Å²) in [5, 5.41) is 0. The quantitative estimate of drug-likeness (QED) is 0.644. The highest BCUT2D eigenvalue weighted by molar-refractivity contribution is 7.53. The lowest BCUT2D eigenvalue weighted by atomic mass is 9.97. The zero-order valence-electron chi connectivity index (χ0n) is 8.74. The Morgan fingerprint density at radius 1 is 1.38 bits per heavy atom. The molecule has 78 valence electrons. The van der Waals surface area contributed by atoms with Crippen molar-refractivity contribution in [1.29, 1.82) is 0 Å². The molecule has 0 atom stereocenters. The van der Waals surface area contributed by atoms with Crippen LogP contribution in [-0.4, -0.2) is 44.4 Å². The maximum absolute atomic E-state index is 11.4. The molecule has 0 aromatic carbocycles. The Hall–Kier alpha value is 0.110. The van der Waals surface area contributed by atoms with Gasteiger partial charge in [0.1, 0.15) is 0 Å². The van der Waals surface area contributed by atoms with Crippen LogP contribution in [0.4, 0.5) is 0 Å². The highest BCUT2D eigenvalue weighted by Gasteiger charge is 2.40. The normalized spacial score (nSPS) is 41.0. The molecular weight excluding hydrogens is 189 g/mol. The van der Waals surface area contributed by atoms with Crippen molar-refractivity contribution in [2.45, 2.75) is 18.9 Å². The Kier molecular flexibility index (Phi) is 3.18. The molecule has 0 N–H and O–H groups in total. The molecule has 5 heteroatoms. The molecule has 1 aliphatic rings. The smallest absolute Gasteiger partial charge is 0.307 e. The summed E-state index contributed by atoms with van der Waals surface area (Å²) in [4.78, 5) is 2.08. The summed E-state index contributed by atoms with van der Waals surface area (Å²) < 4.78 is 21.8. The first kappa shape index (κ1) is 11.2. The summed E-state index contributed by atoms with van der Waals surface area (Å²) in [6.07, 6.45) is 0.931. The van der Waals surface area contributed by atoms with Crippen LogP contribution in [0.25, 0.3) is 0 Å². The molecule has 0 aromatic rings. The minimum Gasteiger partial charge on any atom is -0.307 e. The maximum atomic E-state index is 11.4. The number of rotatable bonds is 2. The van der Waals surface area contributed by atoms with Crippen LogP contribution in [-0.2, 0) is 13.6 Å². The van der Waals surface area contributed by atoms with Gasteiger partial charge in [-0.1, -0.05) is 6.92 Å². The van der Waals surface area contributed by atoms with Gasteiger partial charge in [0.2, 0.25) is 0 Å². The van der Waals surface area contributed by atoms with E-state index in [1.54, 1.807) is 0 Å². The van der Waals surface area contributed by atoms with Crippen molar-refractivity contribution in [2.75, 3.05) is 34.0 Å². The maximum Gasteiger partial charge on any atom is 0.327 e. The second-order valence-corrected chi connectivity index (χ2v) is 5.85. The lowest BCUT2D eigenvalue weighted by Crippen LogP contribution is -2.53. The van der Waals surface area contributed by atoms with E-state index in [9.17, 15) is 4.57 Å². The molecule has 0 amide bonds. The second kappa shape index (κ2) is 3.70. The molecule has 0 saturated carbocycles. The van der Waals surface area contributed by atoms with Gasteiger partial charge in [-0.3, -0.25) is 9.46 Å². The summed E-state index contributed by atoms with van der Waals surface area (Å²) >= 11 is 0. The van der Waals surface area contributed by atoms with Gasteiger partial charge in [-0.25, -0.2) is 0 Å². The predicted molar refractivity (Wildman–Crippen MR) is 52.1 cm³/mol. The average Bonchev–Trinajstić information content (AvgIpc) is 2.05. The highest BCUT2D eigenvalue weighted by atomic mass is 31.2. The van der Waals surface area contributed by atoms with Crippen LogP contribution in [0.1, 0.15) is 13.3 Å². The third-order valence-electron chi connectivity index (χ3n) is 2.74. The molecular formula is C8H18NO3P. The first-order valence-electron chi connectivity index (χ1n) is 4.46. The van der Waals surface area contributed by atoms with E-state index in [0.29, 0.717) is 13.2 Å². The lowest BCUT2D eigenvalue weighted by molar-refractivity contribution is -0.0114. The molecule has 0 aliphatic carbocycles. The SMILES string of the molecule is CCC1(N(C)C)COP(C)(=O)OC1. The van der Waals surface area contributed by atoms with E-state index in [0.717, 1.165) is 6.42 Å². The van der Waals surface area contributed by atoms with Crippen molar-refractivity contribution in [2.24, 2.45) is 0 Å². The van der Waals surface area contributed by atoms with Gasteiger partial charge in [0.15, 0.2) is 0 Å². The molecule has 1 fully saturated rings. The third kappa shape index (κ3) is 2.32. The Bertz CT molecular complexity index is 217. The minimum atomic E-state index is -2.75. The van der Waals surface area contributed by atoms with E-state index >= 15 is 0 Å². The van der Waals surface area contributed by atoms with Crippen molar-refractivity contribution in [1.82, 2.24) is 4.90 Å². The number of nitrogens with zero attached hydrogens (tertiary/aromatic N) is 1. The van der Waals surface area contributed by atoms with Gasteiger partial charge in [-0.2, -0.15) is 0 Å². The molecule has 0 spiro atoms. The van der Waals surface area contributed by atoms with Gasteiger partial charge < -0.3 is 9.05 Å². The molecule has 13 heavy (non-hydrogen) atoms. The molecule has 1 rings (SSSR count). The average molecular weight is 207 g/mol. The zero-order valence-corrected chi connectivity index (χ0v) is 9.63. The van der Waals surface area contributed by atoms with Gasteiger partial charge in [0, 0.05) is 6.66 Å². The third-order valence-corrected chi connectivity index (χ3v) is 3.94. The second-order valence-electron chi connectivity index (χ2n) is 3.79. The van der Waals surface area contributed by atoms with Gasteiger partial charge in [0.05, 0.1) is 18.8 Å². The van der Waals surface area contributed by atoms with E-state index in [2.05, 4.69) is 11.8 Å². The Morgan fingerprint density at radius 2 is 1.85 bits per heavy atom. The minimum absolute atomic E-state index is 0.107. The summed E-state index contributed by atoms with van der Waals surface area (Å²) in [5.41, 5.74) is -0.107. The van der Waals surface area contributed by atoms with Crippen LogP contribution in [0.3, 0.4) is 0 Å². The predicted octanol–water partition coefficient (Wildman–Crippen LogP) is 1.57. The van der Waals surface area contributed by atoms with Crippen LogP contribution in [0.2, 0.25) is 0 Å². The van der Waals surface area contributed by atoms with Crippen LogP contribution >= 0.6 is 7.60 Å². The van der Waals surface area contributed by atoms with Crippen LogP contribution in [0.15, 0.2) is 0 Å². The van der Waals surface area contributed by atoms with Gasteiger partial charge >= 0.3 is 7.60 Å². The fraction of sp³-hybridized carbons (Fsp3) is 1.00. The van der Waals surface area contributed by atoms with E-state index < -0.39 is 7.60 Å². The molecule has 1 saturated heterocycles. The summed E-state index contributed by atoms with van der Waals surface area (Å²) in [6.45, 7) is 4.58. The number of hydrogen-bond acceptors (Lipinski definition) is 4. The van der Waals surface area contributed by atoms with E-state index in [-0.39, 0.29) is 5.54 Å². The Balaban J connectivity index is 2.69. The summed E-state index contributed by atoms with van der Waals surface area (Å²) in [6, 6.07) is 0. The van der Waals surface area contributed by atoms with E-state index in [4.69, 9.17) is 9.05 Å². The highest BCUT2D eigenvalue weighted by Crippen LogP contribution is 2.49. The van der Waals surface area contributed by atoms with Crippen LogP contribution in [0, 0.1) is 0 Å². The lowest BCUT2D eigenvalue weighted by Gasteiger charge is -2.42. The van der Waals surface area contributed by atoms with Gasteiger partial charge in [-0.15, -0.1) is 0 Å². The monoisotopic (exact) mass is 207 g/mol. The van der Waals surface area contributed by atoms with Crippen molar-refractivity contribution in [3.8, 4) is 0 Å². The topological polar surface area (TPSA) is 38.8 Å². The van der Waals surface area contributed by atoms with Crippen LogP contribution in [0.5, 0.6) is 0 Å². The zero-order chi connectivity index (χ0) is 10.1. The molecule has 0 radical (unpaired) electrons. The van der Waals surface area contributed by atoms with E-state index in [1.165, 1.54) is 6.66 Å². The summed E-state index contributed by atoms with van der Waals surface area (Å²) in [5.74, 6) is 0. The van der Waals surface area contributed by atoms with E-state index in [1.807, 2.05) is 14.1 Å². The fourth-order valence-corrected chi connectivity index (χ4v) is 2.36. The van der Waals surface area contributed by atoms with Crippen molar-refractivity contribution in [3.63, 3.8) is 0 Å². The number of hydrogen-bond donors (Lipinski definition) is 0. The molecule has 4 nitrogen and oxygen atoms in total. The molecule has 0 unspecified atom stereocenters. The molecule has 1 heterocycles. The largest absolute Gasteiger partial charge is 0.327 e. The summed E-state index contributed by atoms with van der Waals surface area (Å²) in [7, 11) is 1.23. The molecule has 1 aliphatic heterocycles. The first-order valence-corrected chi connectivity index (χ1v) is 6.45. The van der Waals surface area contributed by atoms with Crippen molar-refractivity contribution < 1.29 is 13.6 Å². The van der Waals surface area contributed by atoms with Gasteiger partial charge in [-0.05, 0) is 20.5 Å². The molecule has 0 aromatic heterocycles. The van der Waals surface area contributed by atoms with Crippen LogP contribution < -0.4 is 0 Å².